The molecular formula is C8H6OSn. The van der Waals surface area contributed by atoms with Crippen LogP contribution in [0.2, 0.25) is 0 Å². The van der Waals surface area contributed by atoms with E-state index in [2.05, 4.69) is 12.1 Å². The predicted octanol–water partition coefficient (Wildman–Crippen LogP) is 0.959. The van der Waals surface area contributed by atoms with Crippen molar-refractivity contribution in [2.45, 2.75) is 0 Å². The molecular weight excluding hydrogens is 231 g/mol. The Morgan fingerprint density at radius 1 is 1.20 bits per heavy atom. The van der Waals surface area contributed by atoms with E-state index in [0.29, 0.717) is 0 Å². The Morgan fingerprint density at radius 2 is 2.00 bits per heavy atom. The normalized spacial score (nSPS) is 10.5. The maximum atomic E-state index is 5.43. The molecule has 0 spiro atoms. The molecule has 0 saturated heterocycles. The molecule has 10 heavy (non-hydrogen) atoms. The molecule has 2 heteroatoms. The molecule has 0 bridgehead atoms. The van der Waals surface area contributed by atoms with Crippen LogP contribution in [-0.2, 0) is 0 Å². The first-order chi connectivity index (χ1) is 4.86. The van der Waals surface area contributed by atoms with Crippen LogP contribution in [0.15, 0.2) is 34.7 Å². The summed E-state index contributed by atoms with van der Waals surface area (Å²) in [6, 6.07) is 10.2. The van der Waals surface area contributed by atoms with Gasteiger partial charge >= 0.3 is 72.0 Å². The molecule has 1 nitrogen and oxygen atoms in total. The summed E-state index contributed by atoms with van der Waals surface area (Å²) in [4.78, 5) is 0. The Bertz CT molecular complexity index is 318. The Balaban J connectivity index is 2.88. The van der Waals surface area contributed by atoms with Gasteiger partial charge in [0.05, 0.1) is 0 Å². The van der Waals surface area contributed by atoms with Gasteiger partial charge < -0.3 is 0 Å². The van der Waals surface area contributed by atoms with E-state index in [9.17, 15) is 0 Å². The Labute approximate surface area is 72.1 Å². The molecule has 2 rings (SSSR count). The monoisotopic (exact) mass is 238 g/mol. The van der Waals surface area contributed by atoms with E-state index < -0.39 is 0 Å². The number of hydrogen-bond acceptors (Lipinski definition) is 1. The quantitative estimate of drug-likeness (QED) is 0.622. The van der Waals surface area contributed by atoms with Crippen molar-refractivity contribution in [2.24, 2.45) is 0 Å². The van der Waals surface area contributed by atoms with Crippen molar-refractivity contribution in [1.29, 1.82) is 0 Å². The van der Waals surface area contributed by atoms with Gasteiger partial charge in [0.25, 0.3) is 0 Å². The molecule has 0 unspecified atom stereocenters. The zero-order chi connectivity index (χ0) is 6.97. The fourth-order valence-corrected chi connectivity index (χ4v) is 1.88. The van der Waals surface area contributed by atoms with Gasteiger partial charge in [-0.25, -0.2) is 0 Å². The number of hydrogen-bond donors (Lipinski definition) is 0. The topological polar surface area (TPSA) is 13.1 Å². The van der Waals surface area contributed by atoms with E-state index in [1.165, 1.54) is 5.39 Å². The molecule has 0 amide bonds. The van der Waals surface area contributed by atoms with Gasteiger partial charge in [-0.3, -0.25) is 0 Å². The Morgan fingerprint density at radius 3 is 2.80 bits per heavy atom. The number of furan rings is 1. The zero-order valence-corrected chi connectivity index (χ0v) is 8.67. The molecule has 0 fully saturated rings. The van der Waals surface area contributed by atoms with Crippen molar-refractivity contribution in [1.82, 2.24) is 0 Å². The van der Waals surface area contributed by atoms with Crippen LogP contribution >= 0.6 is 0 Å². The van der Waals surface area contributed by atoms with Crippen LogP contribution in [0, 0.1) is 0 Å². The van der Waals surface area contributed by atoms with Crippen molar-refractivity contribution in [3.05, 3.63) is 30.3 Å². The number of para-hydroxylation sites is 1. The number of fused-ring (bicyclic) bond motifs is 1. The van der Waals surface area contributed by atoms with Crippen LogP contribution in [0.5, 0.6) is 0 Å². The Kier molecular flexibility index (Phi) is 1.45. The van der Waals surface area contributed by atoms with Gasteiger partial charge in [0, 0.05) is 0 Å². The molecule has 0 aliphatic carbocycles. The van der Waals surface area contributed by atoms with Crippen LogP contribution in [-0.4, -0.2) is 22.5 Å². The third-order valence-electron chi connectivity index (χ3n) is 1.44. The van der Waals surface area contributed by atoms with Crippen LogP contribution in [0.1, 0.15) is 0 Å². The summed E-state index contributed by atoms with van der Waals surface area (Å²) in [5.74, 6) is 0. The molecule has 1 heterocycles. The van der Waals surface area contributed by atoms with Gasteiger partial charge in [0.2, 0.25) is 0 Å². The summed E-state index contributed by atoms with van der Waals surface area (Å²) in [7, 11) is 0. The molecule has 0 saturated carbocycles. The first-order valence-corrected chi connectivity index (χ1v) is 4.75. The van der Waals surface area contributed by atoms with E-state index >= 15 is 0 Å². The molecule has 0 aliphatic heterocycles. The summed E-state index contributed by atoms with van der Waals surface area (Å²) in [6.07, 6.45) is 0. The van der Waals surface area contributed by atoms with Crippen molar-refractivity contribution in [3.63, 3.8) is 0 Å². The SMILES string of the molecule is [SnH][c]1cc2ccccc2o1. The van der Waals surface area contributed by atoms with Gasteiger partial charge in [-0.05, 0) is 0 Å². The first kappa shape index (κ1) is 6.28. The number of rotatable bonds is 0. The second-order valence-electron chi connectivity index (χ2n) is 2.19. The van der Waals surface area contributed by atoms with Crippen LogP contribution < -0.4 is 3.78 Å². The van der Waals surface area contributed by atoms with Gasteiger partial charge in [-0.1, -0.05) is 0 Å². The second-order valence-corrected chi connectivity index (χ2v) is 3.81. The third kappa shape index (κ3) is 0.944. The first-order valence-electron chi connectivity index (χ1n) is 3.10. The molecule has 1 aromatic carbocycles. The molecule has 0 N–H and O–H groups in total. The summed E-state index contributed by atoms with van der Waals surface area (Å²) < 4.78 is 6.53. The maximum absolute atomic E-state index is 5.43. The molecule has 2 radical (unpaired) electrons. The molecule has 2 aromatic rings. The Hall–Kier alpha value is -0.441. The van der Waals surface area contributed by atoms with Crippen molar-refractivity contribution in [2.75, 3.05) is 0 Å². The van der Waals surface area contributed by atoms with Gasteiger partial charge in [0.15, 0.2) is 0 Å². The summed E-state index contributed by atoms with van der Waals surface area (Å²) in [5, 5.41) is 1.21. The zero-order valence-electron chi connectivity index (χ0n) is 5.37. The summed E-state index contributed by atoms with van der Waals surface area (Å²) >= 11 is 1.06. The van der Waals surface area contributed by atoms with Crippen LogP contribution in [0.4, 0.5) is 0 Å². The van der Waals surface area contributed by atoms with E-state index in [4.69, 9.17) is 4.42 Å². The van der Waals surface area contributed by atoms with E-state index in [-0.39, 0.29) is 0 Å². The van der Waals surface area contributed by atoms with Crippen LogP contribution in [0.3, 0.4) is 0 Å². The van der Waals surface area contributed by atoms with Gasteiger partial charge in [-0.2, -0.15) is 0 Å². The molecule has 1 aromatic heterocycles. The van der Waals surface area contributed by atoms with E-state index in [1.807, 2.05) is 18.2 Å². The minimum atomic E-state index is 1.00. The summed E-state index contributed by atoms with van der Waals surface area (Å²) in [6.45, 7) is 0. The minimum absolute atomic E-state index is 1.00. The predicted molar refractivity (Wildman–Crippen MR) is 43.0 cm³/mol. The van der Waals surface area contributed by atoms with Crippen molar-refractivity contribution >= 4 is 37.3 Å². The van der Waals surface area contributed by atoms with Crippen molar-refractivity contribution in [3.8, 4) is 0 Å². The second kappa shape index (κ2) is 2.31. The average molecular weight is 237 g/mol. The number of benzene rings is 1. The van der Waals surface area contributed by atoms with E-state index in [1.54, 1.807) is 0 Å². The van der Waals surface area contributed by atoms with Gasteiger partial charge in [0.1, 0.15) is 0 Å². The fraction of sp³-hybridized carbons (Fsp3) is 0. The van der Waals surface area contributed by atoms with E-state index in [0.717, 1.165) is 31.9 Å². The standard InChI is InChI=1S/C8H5O.Sn.H/c1-2-4-8-7(3-1)5-6-9-8;;/h1-5H;;. The van der Waals surface area contributed by atoms with Crippen molar-refractivity contribution < 1.29 is 4.42 Å². The molecule has 0 atom stereocenters. The fourth-order valence-electron chi connectivity index (χ4n) is 1.00. The molecule has 0 aliphatic rings. The average Bonchev–Trinajstić information content (AvgIpc) is 2.27. The summed E-state index contributed by atoms with van der Waals surface area (Å²) in [5.41, 5.74) is 1.00. The van der Waals surface area contributed by atoms with Gasteiger partial charge in [-0.15, -0.1) is 0 Å². The third-order valence-corrected chi connectivity index (χ3v) is 2.26. The molecule has 48 valence electrons. The van der Waals surface area contributed by atoms with Crippen LogP contribution in [0.25, 0.3) is 11.0 Å².